The maximum atomic E-state index is 12.6. The van der Waals surface area contributed by atoms with Gasteiger partial charge in [0.25, 0.3) is 6.43 Å². The van der Waals surface area contributed by atoms with Gasteiger partial charge in [0.1, 0.15) is 5.69 Å². The smallest absolute Gasteiger partial charge is 0.280 e. The zero-order valence-electron chi connectivity index (χ0n) is 9.19. The summed E-state index contributed by atoms with van der Waals surface area (Å²) in [5.41, 5.74) is 7.09. The molecule has 0 aliphatic rings. The molecule has 2 rings (SSSR count). The average molecular weight is 235 g/mol. The summed E-state index contributed by atoms with van der Waals surface area (Å²) in [4.78, 5) is 7.96. The summed E-state index contributed by atoms with van der Waals surface area (Å²) in [6.07, 6.45) is -2.59. The lowest BCUT2D eigenvalue weighted by Crippen LogP contribution is -1.98. The van der Waals surface area contributed by atoms with E-state index in [1.807, 2.05) is 0 Å². The molecule has 0 bridgehead atoms. The quantitative estimate of drug-likeness (QED) is 0.814. The molecule has 0 fully saturated rings. The van der Waals surface area contributed by atoms with Crippen LogP contribution in [0, 0.1) is 6.92 Å². The Kier molecular flexibility index (Phi) is 2.99. The van der Waals surface area contributed by atoms with Crippen LogP contribution in [-0.4, -0.2) is 9.97 Å². The lowest BCUT2D eigenvalue weighted by Gasteiger charge is -2.05. The minimum absolute atomic E-state index is 0.260. The van der Waals surface area contributed by atoms with Crippen LogP contribution in [0.1, 0.15) is 17.8 Å². The van der Waals surface area contributed by atoms with Gasteiger partial charge < -0.3 is 5.73 Å². The Hall–Kier alpha value is -2.04. The number of halogens is 2. The van der Waals surface area contributed by atoms with Gasteiger partial charge >= 0.3 is 0 Å². The molecule has 0 radical (unpaired) electrons. The third-order valence-electron chi connectivity index (χ3n) is 2.27. The first kappa shape index (κ1) is 11.4. The Bertz CT molecular complexity index is 524. The summed E-state index contributed by atoms with van der Waals surface area (Å²) in [7, 11) is 0. The monoisotopic (exact) mass is 235 g/mol. The van der Waals surface area contributed by atoms with E-state index in [9.17, 15) is 8.78 Å². The molecule has 2 aromatic rings. The molecule has 5 heteroatoms. The second-order valence-electron chi connectivity index (χ2n) is 3.68. The van der Waals surface area contributed by atoms with E-state index in [-0.39, 0.29) is 5.69 Å². The zero-order chi connectivity index (χ0) is 12.4. The highest BCUT2D eigenvalue weighted by Crippen LogP contribution is 2.22. The summed E-state index contributed by atoms with van der Waals surface area (Å²) in [5, 5.41) is 0. The minimum atomic E-state index is -2.59. The number of alkyl halides is 2. The number of benzene rings is 1. The van der Waals surface area contributed by atoms with Crippen LogP contribution in [0.3, 0.4) is 0 Å². The van der Waals surface area contributed by atoms with Crippen LogP contribution in [0.5, 0.6) is 0 Å². The lowest BCUT2D eigenvalue weighted by molar-refractivity contribution is 0.146. The molecule has 0 aliphatic heterocycles. The SMILES string of the molecule is Cc1cc(C(F)F)nc(-c2ccc(N)cc2)n1. The van der Waals surface area contributed by atoms with Gasteiger partial charge in [0, 0.05) is 16.9 Å². The molecule has 0 saturated carbocycles. The lowest BCUT2D eigenvalue weighted by atomic mass is 10.2. The van der Waals surface area contributed by atoms with E-state index in [1.165, 1.54) is 6.07 Å². The Morgan fingerprint density at radius 1 is 1.12 bits per heavy atom. The topological polar surface area (TPSA) is 51.8 Å². The average Bonchev–Trinajstić information content (AvgIpc) is 2.29. The Balaban J connectivity index is 2.48. The molecule has 0 spiro atoms. The first-order chi connectivity index (χ1) is 8.06. The van der Waals surface area contributed by atoms with Crippen molar-refractivity contribution in [3.8, 4) is 11.4 Å². The van der Waals surface area contributed by atoms with Crippen molar-refractivity contribution in [3.05, 3.63) is 41.7 Å². The summed E-state index contributed by atoms with van der Waals surface area (Å²) < 4.78 is 25.2. The van der Waals surface area contributed by atoms with Crippen molar-refractivity contribution in [1.82, 2.24) is 9.97 Å². The molecular formula is C12H11F2N3. The van der Waals surface area contributed by atoms with E-state index in [4.69, 9.17) is 5.73 Å². The van der Waals surface area contributed by atoms with Gasteiger partial charge in [-0.2, -0.15) is 0 Å². The van der Waals surface area contributed by atoms with Gasteiger partial charge in [-0.3, -0.25) is 0 Å². The molecular weight excluding hydrogens is 224 g/mol. The highest BCUT2D eigenvalue weighted by Gasteiger charge is 2.12. The standard InChI is InChI=1S/C12H11F2N3/c1-7-6-10(11(13)14)17-12(16-7)8-2-4-9(15)5-3-8/h2-6,11H,15H2,1H3. The van der Waals surface area contributed by atoms with Crippen LogP contribution in [0.25, 0.3) is 11.4 Å². The molecule has 88 valence electrons. The zero-order valence-corrected chi connectivity index (χ0v) is 9.19. The van der Waals surface area contributed by atoms with Crippen molar-refractivity contribution in [2.45, 2.75) is 13.3 Å². The fourth-order valence-corrected chi connectivity index (χ4v) is 1.47. The number of hydrogen-bond acceptors (Lipinski definition) is 3. The van der Waals surface area contributed by atoms with Crippen LogP contribution < -0.4 is 5.73 Å². The van der Waals surface area contributed by atoms with Crippen LogP contribution in [0.2, 0.25) is 0 Å². The summed E-state index contributed by atoms with van der Waals surface area (Å²) in [6, 6.07) is 8.07. The van der Waals surface area contributed by atoms with Crippen LogP contribution in [0.4, 0.5) is 14.5 Å². The van der Waals surface area contributed by atoms with Crippen molar-refractivity contribution < 1.29 is 8.78 Å². The summed E-state index contributed by atoms with van der Waals surface area (Å²) in [6.45, 7) is 1.66. The molecule has 17 heavy (non-hydrogen) atoms. The van der Waals surface area contributed by atoms with E-state index >= 15 is 0 Å². The first-order valence-corrected chi connectivity index (χ1v) is 5.06. The van der Waals surface area contributed by atoms with E-state index in [0.717, 1.165) is 0 Å². The largest absolute Gasteiger partial charge is 0.399 e. The number of nitrogen functional groups attached to an aromatic ring is 1. The number of hydrogen-bond donors (Lipinski definition) is 1. The van der Waals surface area contributed by atoms with Crippen molar-refractivity contribution in [3.63, 3.8) is 0 Å². The third-order valence-corrected chi connectivity index (χ3v) is 2.27. The maximum absolute atomic E-state index is 12.6. The van der Waals surface area contributed by atoms with Gasteiger partial charge in [-0.05, 0) is 37.3 Å². The number of rotatable bonds is 2. The highest BCUT2D eigenvalue weighted by molar-refractivity contribution is 5.58. The number of aryl methyl sites for hydroxylation is 1. The normalized spacial score (nSPS) is 10.8. The second-order valence-corrected chi connectivity index (χ2v) is 3.68. The number of aromatic nitrogens is 2. The highest BCUT2D eigenvalue weighted by atomic mass is 19.3. The van der Waals surface area contributed by atoms with Crippen molar-refractivity contribution in [2.24, 2.45) is 0 Å². The minimum Gasteiger partial charge on any atom is -0.399 e. The Labute approximate surface area is 97.3 Å². The van der Waals surface area contributed by atoms with E-state index in [0.29, 0.717) is 22.8 Å². The van der Waals surface area contributed by atoms with Crippen LogP contribution in [-0.2, 0) is 0 Å². The molecule has 0 atom stereocenters. The molecule has 2 N–H and O–H groups in total. The van der Waals surface area contributed by atoms with Gasteiger partial charge in [0.05, 0.1) is 0 Å². The third kappa shape index (κ3) is 2.55. The molecule has 1 aromatic carbocycles. The molecule has 1 heterocycles. The van der Waals surface area contributed by atoms with Crippen LogP contribution in [0.15, 0.2) is 30.3 Å². The van der Waals surface area contributed by atoms with Crippen molar-refractivity contribution in [2.75, 3.05) is 5.73 Å². The molecule has 0 unspecified atom stereocenters. The molecule has 3 nitrogen and oxygen atoms in total. The van der Waals surface area contributed by atoms with E-state index < -0.39 is 6.43 Å². The Morgan fingerprint density at radius 2 is 1.76 bits per heavy atom. The van der Waals surface area contributed by atoms with Crippen molar-refractivity contribution in [1.29, 1.82) is 0 Å². The predicted molar refractivity (Wildman–Crippen MR) is 61.6 cm³/mol. The van der Waals surface area contributed by atoms with Gasteiger partial charge in [-0.1, -0.05) is 0 Å². The molecule has 1 aromatic heterocycles. The second kappa shape index (κ2) is 4.45. The first-order valence-electron chi connectivity index (χ1n) is 5.06. The number of anilines is 1. The van der Waals surface area contributed by atoms with E-state index in [2.05, 4.69) is 9.97 Å². The fraction of sp³-hybridized carbons (Fsp3) is 0.167. The Morgan fingerprint density at radius 3 is 2.35 bits per heavy atom. The fourth-order valence-electron chi connectivity index (χ4n) is 1.47. The van der Waals surface area contributed by atoms with Gasteiger partial charge in [0.2, 0.25) is 0 Å². The van der Waals surface area contributed by atoms with Gasteiger partial charge in [-0.15, -0.1) is 0 Å². The number of nitrogens with zero attached hydrogens (tertiary/aromatic N) is 2. The van der Waals surface area contributed by atoms with E-state index in [1.54, 1.807) is 31.2 Å². The predicted octanol–water partition coefficient (Wildman–Crippen LogP) is 2.97. The molecule has 0 saturated heterocycles. The summed E-state index contributed by atoms with van der Waals surface area (Å²) in [5.74, 6) is 0.292. The molecule has 0 aliphatic carbocycles. The van der Waals surface area contributed by atoms with Crippen LogP contribution >= 0.6 is 0 Å². The van der Waals surface area contributed by atoms with Gasteiger partial charge in [0.15, 0.2) is 5.82 Å². The maximum Gasteiger partial charge on any atom is 0.280 e. The molecule has 0 amide bonds. The number of nitrogens with two attached hydrogens (primary N) is 1. The summed E-state index contributed by atoms with van der Waals surface area (Å²) >= 11 is 0. The van der Waals surface area contributed by atoms with Gasteiger partial charge in [-0.25, -0.2) is 18.7 Å². The van der Waals surface area contributed by atoms with Crippen molar-refractivity contribution >= 4 is 5.69 Å².